The van der Waals surface area contributed by atoms with Gasteiger partial charge in [0.05, 0.1) is 0 Å². The first kappa shape index (κ1) is 20.5. The van der Waals surface area contributed by atoms with E-state index in [2.05, 4.69) is 39.8 Å². The zero-order chi connectivity index (χ0) is 19.3. The van der Waals surface area contributed by atoms with Crippen LogP contribution in [0.15, 0.2) is 21.0 Å². The van der Waals surface area contributed by atoms with Gasteiger partial charge in [0, 0.05) is 37.5 Å². The Hall–Kier alpha value is -1.77. The molecule has 2 heterocycles. The lowest BCUT2D eigenvalue weighted by molar-refractivity contribution is -0.126. The lowest BCUT2D eigenvalue weighted by Crippen LogP contribution is -2.23. The third kappa shape index (κ3) is 4.69. The van der Waals surface area contributed by atoms with E-state index in [1.165, 1.54) is 11.1 Å². The first-order valence-electron chi connectivity index (χ1n) is 10.2. The molecule has 2 rings (SSSR count). The van der Waals surface area contributed by atoms with Gasteiger partial charge in [-0.25, -0.2) is 0 Å². The van der Waals surface area contributed by atoms with Crippen molar-refractivity contribution in [1.29, 1.82) is 0 Å². The molecule has 2 atom stereocenters. The van der Waals surface area contributed by atoms with Gasteiger partial charge in [0.15, 0.2) is 0 Å². The molecule has 0 bridgehead atoms. The summed E-state index contributed by atoms with van der Waals surface area (Å²) in [6.07, 6.45) is 5.05. The van der Waals surface area contributed by atoms with Gasteiger partial charge in [-0.2, -0.15) is 0 Å². The average molecular weight is 359 g/mol. The number of hydrogen-bond donors (Lipinski definition) is 0. The Balaban J connectivity index is 2.05. The number of carbonyl (C=O) groups is 1. The molecule has 2 aromatic rings. The Morgan fingerprint density at radius 2 is 1.15 bits per heavy atom. The Morgan fingerprint density at radius 1 is 0.769 bits per heavy atom. The molecule has 0 spiro atoms. The summed E-state index contributed by atoms with van der Waals surface area (Å²) in [5.74, 6) is 4.20. The maximum absolute atomic E-state index is 12.9. The molecule has 0 saturated carbocycles. The van der Waals surface area contributed by atoms with Crippen LogP contribution in [0.25, 0.3) is 0 Å². The van der Waals surface area contributed by atoms with Gasteiger partial charge in [-0.1, -0.05) is 41.5 Å². The Labute approximate surface area is 158 Å². The van der Waals surface area contributed by atoms with Crippen LogP contribution in [0.4, 0.5) is 0 Å². The number of carbonyl (C=O) groups excluding carboxylic acids is 1. The third-order valence-corrected chi connectivity index (χ3v) is 5.31. The van der Waals surface area contributed by atoms with Crippen LogP contribution in [0, 0.1) is 11.8 Å². The molecule has 144 valence electrons. The summed E-state index contributed by atoms with van der Waals surface area (Å²) in [5.41, 5.74) is 2.47. The zero-order valence-corrected chi connectivity index (χ0v) is 17.3. The minimum Gasteiger partial charge on any atom is -0.466 e. The molecule has 0 aromatic carbocycles. The van der Waals surface area contributed by atoms with Crippen molar-refractivity contribution in [3.8, 4) is 0 Å². The standard InChI is InChI=1S/C23H34O3/c1-7-17-13-19(9-3)25-21(17)11-15(5)23(24)16(6)12-22-18(8-2)14-20(10-4)26-22/h13-16H,7-12H2,1-6H3. The van der Waals surface area contributed by atoms with Gasteiger partial charge in [0.2, 0.25) is 0 Å². The highest BCUT2D eigenvalue weighted by Gasteiger charge is 2.25. The highest BCUT2D eigenvalue weighted by molar-refractivity contribution is 5.83. The van der Waals surface area contributed by atoms with E-state index in [9.17, 15) is 4.79 Å². The van der Waals surface area contributed by atoms with Crippen LogP contribution < -0.4 is 0 Å². The third-order valence-electron chi connectivity index (χ3n) is 5.31. The van der Waals surface area contributed by atoms with Crippen LogP contribution in [-0.4, -0.2) is 5.78 Å². The molecule has 26 heavy (non-hydrogen) atoms. The highest BCUT2D eigenvalue weighted by atomic mass is 16.3. The fourth-order valence-electron chi connectivity index (χ4n) is 3.59. The minimum absolute atomic E-state index is 0.0446. The SMILES string of the molecule is CCc1cc(CC)c(CC(C)C(=O)C(C)Cc2oc(CC)cc2CC)o1. The Kier molecular flexibility index (Phi) is 7.31. The van der Waals surface area contributed by atoms with Gasteiger partial charge in [0.25, 0.3) is 0 Å². The van der Waals surface area contributed by atoms with E-state index in [1.807, 2.05) is 13.8 Å². The van der Waals surface area contributed by atoms with E-state index >= 15 is 0 Å². The molecule has 0 aliphatic heterocycles. The normalized spacial score (nSPS) is 13.8. The molecular weight excluding hydrogens is 324 g/mol. The van der Waals surface area contributed by atoms with Crippen molar-refractivity contribution in [2.75, 3.05) is 0 Å². The van der Waals surface area contributed by atoms with Crippen LogP contribution >= 0.6 is 0 Å². The predicted molar refractivity (Wildman–Crippen MR) is 106 cm³/mol. The first-order chi connectivity index (χ1) is 12.4. The smallest absolute Gasteiger partial charge is 0.139 e. The monoisotopic (exact) mass is 358 g/mol. The lowest BCUT2D eigenvalue weighted by Gasteiger charge is -2.16. The van der Waals surface area contributed by atoms with Crippen LogP contribution in [0.5, 0.6) is 0 Å². The molecule has 2 aromatic heterocycles. The van der Waals surface area contributed by atoms with E-state index < -0.39 is 0 Å². The number of furan rings is 2. The summed E-state index contributed by atoms with van der Waals surface area (Å²) >= 11 is 0. The summed E-state index contributed by atoms with van der Waals surface area (Å²) in [6, 6.07) is 4.28. The van der Waals surface area contributed by atoms with Crippen LogP contribution in [-0.2, 0) is 43.3 Å². The number of ketones is 1. The molecule has 0 N–H and O–H groups in total. The largest absolute Gasteiger partial charge is 0.466 e. The fourth-order valence-corrected chi connectivity index (χ4v) is 3.59. The quantitative estimate of drug-likeness (QED) is 0.543. The van der Waals surface area contributed by atoms with Crippen molar-refractivity contribution in [2.24, 2.45) is 11.8 Å². The molecule has 0 aliphatic carbocycles. The van der Waals surface area contributed by atoms with Gasteiger partial charge in [-0.15, -0.1) is 0 Å². The van der Waals surface area contributed by atoms with E-state index in [-0.39, 0.29) is 17.6 Å². The first-order valence-corrected chi connectivity index (χ1v) is 10.2. The van der Waals surface area contributed by atoms with Crippen molar-refractivity contribution in [1.82, 2.24) is 0 Å². The summed E-state index contributed by atoms with van der Waals surface area (Å²) in [4.78, 5) is 12.9. The number of Topliss-reactive ketones (excluding diaryl/α,β-unsaturated/α-hetero) is 1. The molecule has 0 fully saturated rings. The Morgan fingerprint density at radius 3 is 1.46 bits per heavy atom. The second-order valence-electron chi connectivity index (χ2n) is 7.35. The maximum Gasteiger partial charge on any atom is 0.139 e. The molecule has 0 amide bonds. The number of hydrogen-bond acceptors (Lipinski definition) is 3. The van der Waals surface area contributed by atoms with Gasteiger partial charge < -0.3 is 8.83 Å². The highest BCUT2D eigenvalue weighted by Crippen LogP contribution is 2.25. The Bertz CT molecular complexity index is 660. The zero-order valence-electron chi connectivity index (χ0n) is 17.3. The summed E-state index contributed by atoms with van der Waals surface area (Å²) < 4.78 is 11.9. The van der Waals surface area contributed by atoms with Crippen LogP contribution in [0.1, 0.15) is 75.7 Å². The van der Waals surface area contributed by atoms with E-state index in [0.29, 0.717) is 12.8 Å². The second-order valence-corrected chi connectivity index (χ2v) is 7.35. The van der Waals surface area contributed by atoms with Crippen molar-refractivity contribution in [2.45, 2.75) is 80.1 Å². The summed E-state index contributed by atoms with van der Waals surface area (Å²) in [7, 11) is 0. The summed E-state index contributed by atoms with van der Waals surface area (Å²) in [5, 5.41) is 0. The summed E-state index contributed by atoms with van der Waals surface area (Å²) in [6.45, 7) is 12.5. The van der Waals surface area contributed by atoms with Crippen LogP contribution in [0.3, 0.4) is 0 Å². The van der Waals surface area contributed by atoms with Crippen molar-refractivity contribution < 1.29 is 13.6 Å². The predicted octanol–water partition coefficient (Wildman–Crippen LogP) is 5.75. The number of aryl methyl sites for hydroxylation is 4. The lowest BCUT2D eigenvalue weighted by atomic mass is 9.88. The van der Waals surface area contributed by atoms with Crippen LogP contribution in [0.2, 0.25) is 0 Å². The van der Waals surface area contributed by atoms with E-state index in [0.717, 1.165) is 48.7 Å². The van der Waals surface area contributed by atoms with Gasteiger partial charge in [0.1, 0.15) is 28.8 Å². The molecule has 0 aliphatic rings. The van der Waals surface area contributed by atoms with Gasteiger partial charge >= 0.3 is 0 Å². The molecular formula is C23H34O3. The number of rotatable bonds is 10. The van der Waals surface area contributed by atoms with Gasteiger partial charge in [-0.05, 0) is 36.1 Å². The topological polar surface area (TPSA) is 43.4 Å². The van der Waals surface area contributed by atoms with Crippen molar-refractivity contribution in [3.05, 3.63) is 46.3 Å². The minimum atomic E-state index is -0.0446. The fraction of sp³-hybridized carbons (Fsp3) is 0.609. The molecule has 2 unspecified atom stereocenters. The molecule has 3 heteroatoms. The maximum atomic E-state index is 12.9. The second kappa shape index (κ2) is 9.25. The average Bonchev–Trinajstić information content (AvgIpc) is 3.23. The van der Waals surface area contributed by atoms with E-state index in [1.54, 1.807) is 0 Å². The molecule has 0 saturated heterocycles. The van der Waals surface area contributed by atoms with E-state index in [4.69, 9.17) is 8.83 Å². The van der Waals surface area contributed by atoms with Crippen molar-refractivity contribution >= 4 is 5.78 Å². The molecule has 3 nitrogen and oxygen atoms in total. The van der Waals surface area contributed by atoms with Gasteiger partial charge in [-0.3, -0.25) is 4.79 Å². The molecule has 0 radical (unpaired) electrons. The van der Waals surface area contributed by atoms with Crippen molar-refractivity contribution in [3.63, 3.8) is 0 Å².